The zero-order chi connectivity index (χ0) is 28.7. The maximum Gasteiger partial charge on any atom is 0.251 e. The van der Waals surface area contributed by atoms with E-state index in [0.29, 0.717) is 31.1 Å². The lowest BCUT2D eigenvalue weighted by Crippen LogP contribution is -2.62. The first-order valence-corrected chi connectivity index (χ1v) is 14.7. The van der Waals surface area contributed by atoms with Gasteiger partial charge in [0.25, 0.3) is 5.91 Å². The summed E-state index contributed by atoms with van der Waals surface area (Å²) in [5.74, 6) is 0.427. The van der Waals surface area contributed by atoms with E-state index in [-0.39, 0.29) is 5.91 Å². The third-order valence-corrected chi connectivity index (χ3v) is 6.96. The number of hydrogen-bond acceptors (Lipinski definition) is 6. The van der Waals surface area contributed by atoms with Gasteiger partial charge in [-0.3, -0.25) is 4.79 Å². The number of nitrogens with one attached hydrogen (secondary N) is 1. The van der Waals surface area contributed by atoms with Gasteiger partial charge in [-0.1, -0.05) is 64.3 Å². The van der Waals surface area contributed by atoms with Crippen LogP contribution in [0.5, 0.6) is 5.75 Å². The van der Waals surface area contributed by atoms with E-state index in [9.17, 15) is 9.18 Å². The van der Waals surface area contributed by atoms with Crippen molar-refractivity contribution in [1.29, 1.82) is 0 Å². The summed E-state index contributed by atoms with van der Waals surface area (Å²) < 4.78 is 45.5. The first kappa shape index (κ1) is 32.0. The van der Waals surface area contributed by atoms with Crippen molar-refractivity contribution < 1.29 is 32.9 Å². The number of rotatable bonds is 17. The third kappa shape index (κ3) is 8.99. The van der Waals surface area contributed by atoms with Crippen LogP contribution in [0.4, 0.5) is 4.39 Å². The van der Waals surface area contributed by atoms with Gasteiger partial charge in [0.1, 0.15) is 36.8 Å². The van der Waals surface area contributed by atoms with Crippen molar-refractivity contribution in [3.8, 4) is 16.9 Å². The average molecular weight is 560 g/mol. The lowest BCUT2D eigenvalue weighted by atomic mass is 9.98. The molecule has 1 aliphatic heterocycles. The van der Waals surface area contributed by atoms with Gasteiger partial charge in [-0.25, -0.2) is 4.39 Å². The normalized spacial score (nSPS) is 22.7. The smallest absolute Gasteiger partial charge is 0.251 e. The van der Waals surface area contributed by atoms with Gasteiger partial charge in [0.2, 0.25) is 6.29 Å². The van der Waals surface area contributed by atoms with Crippen molar-refractivity contribution in [1.82, 2.24) is 5.32 Å². The van der Waals surface area contributed by atoms with E-state index in [1.165, 1.54) is 0 Å². The molecule has 0 aliphatic carbocycles. The molecule has 1 aliphatic rings. The molecule has 2 aromatic rings. The van der Waals surface area contributed by atoms with Crippen LogP contribution in [0.1, 0.15) is 69.7 Å². The lowest BCUT2D eigenvalue weighted by molar-refractivity contribution is -0.300. The van der Waals surface area contributed by atoms with E-state index >= 15 is 0 Å². The van der Waals surface area contributed by atoms with E-state index in [2.05, 4.69) is 26.1 Å². The van der Waals surface area contributed by atoms with Gasteiger partial charge in [0.15, 0.2) is 0 Å². The summed E-state index contributed by atoms with van der Waals surface area (Å²) in [6.07, 6.45) is 2.19. The molecule has 7 nitrogen and oxygen atoms in total. The summed E-state index contributed by atoms with van der Waals surface area (Å²) in [4.78, 5) is 12.1. The molecule has 0 bridgehead atoms. The highest BCUT2D eigenvalue weighted by atomic mass is 19.1. The highest BCUT2D eigenvalue weighted by molar-refractivity contribution is 5.95. The molecular weight excluding hydrogens is 513 g/mol. The predicted octanol–water partition coefficient (Wildman–Crippen LogP) is 6.34. The molecule has 0 aromatic heterocycles. The summed E-state index contributed by atoms with van der Waals surface area (Å²) >= 11 is 0. The van der Waals surface area contributed by atoms with Gasteiger partial charge < -0.3 is 29.0 Å². The van der Waals surface area contributed by atoms with Crippen LogP contribution in [0.2, 0.25) is 0 Å². The van der Waals surface area contributed by atoms with Gasteiger partial charge >= 0.3 is 0 Å². The maximum atomic E-state index is 14.3. The van der Waals surface area contributed by atoms with Crippen molar-refractivity contribution in [2.75, 3.05) is 33.5 Å². The molecule has 0 radical (unpaired) electrons. The molecule has 1 N–H and O–H groups in total. The summed E-state index contributed by atoms with van der Waals surface area (Å²) in [6.45, 7) is 7.13. The highest BCUT2D eigenvalue weighted by Crippen LogP contribution is 2.32. The standard InChI is InChI=1S/C32H46FNO6/c1-5-8-18-36-28-27(22-33)40-32(30(38-20-10-7-3)29(28)37-19-9-6-2)39-26-16-14-23(15-17-26)24-12-11-13-25(21-24)31(35)34-4/h11-17,21,27-30,32H,5-10,18-20,22H2,1-4H3,(H,34,35)/t27-,28-,29+,30+,32+/m1/s1. The minimum atomic E-state index is -0.863. The first-order valence-electron chi connectivity index (χ1n) is 14.7. The Labute approximate surface area is 238 Å². The van der Waals surface area contributed by atoms with Gasteiger partial charge in [-0.2, -0.15) is 0 Å². The summed E-state index contributed by atoms with van der Waals surface area (Å²) in [5, 5.41) is 2.65. The van der Waals surface area contributed by atoms with Crippen molar-refractivity contribution >= 4 is 5.91 Å². The highest BCUT2D eigenvalue weighted by Gasteiger charge is 2.49. The van der Waals surface area contributed by atoms with Crippen LogP contribution in [-0.4, -0.2) is 70.2 Å². The number of ether oxygens (including phenoxy) is 5. The molecule has 0 spiro atoms. The Hall–Kier alpha value is -2.52. The Morgan fingerprint density at radius 2 is 1.43 bits per heavy atom. The topological polar surface area (TPSA) is 75.3 Å². The molecule has 40 heavy (non-hydrogen) atoms. The van der Waals surface area contributed by atoms with Crippen molar-refractivity contribution in [2.45, 2.75) is 90.0 Å². The fourth-order valence-electron chi connectivity index (χ4n) is 4.60. The number of carbonyl (C=O) groups is 1. The maximum absolute atomic E-state index is 14.3. The number of benzene rings is 2. The molecule has 222 valence electrons. The molecule has 1 fully saturated rings. The fourth-order valence-corrected chi connectivity index (χ4v) is 4.60. The van der Waals surface area contributed by atoms with Crippen LogP contribution in [0, 0.1) is 0 Å². The summed E-state index contributed by atoms with van der Waals surface area (Å²) in [7, 11) is 1.61. The molecule has 1 heterocycles. The van der Waals surface area contributed by atoms with Crippen LogP contribution in [-0.2, 0) is 18.9 Å². The van der Waals surface area contributed by atoms with Crippen LogP contribution >= 0.6 is 0 Å². The Kier molecular flexibility index (Phi) is 13.9. The van der Waals surface area contributed by atoms with Crippen molar-refractivity contribution in [2.24, 2.45) is 0 Å². The van der Waals surface area contributed by atoms with Gasteiger partial charge in [0.05, 0.1) is 0 Å². The first-order chi connectivity index (χ1) is 19.6. The Bertz CT molecular complexity index is 1000. The number of hydrogen-bond donors (Lipinski definition) is 1. The van der Waals surface area contributed by atoms with Crippen molar-refractivity contribution in [3.63, 3.8) is 0 Å². The second-order valence-corrected chi connectivity index (χ2v) is 10.1. The number of halogens is 1. The number of amides is 1. The van der Waals surface area contributed by atoms with Crippen LogP contribution < -0.4 is 10.1 Å². The molecule has 2 aromatic carbocycles. The molecule has 5 atom stereocenters. The molecule has 0 saturated carbocycles. The molecule has 3 rings (SSSR count). The minimum absolute atomic E-state index is 0.138. The van der Waals surface area contributed by atoms with E-state index in [0.717, 1.165) is 49.7 Å². The molecule has 1 amide bonds. The number of carbonyl (C=O) groups excluding carboxylic acids is 1. The Balaban J connectivity index is 1.83. The fraction of sp³-hybridized carbons (Fsp3) is 0.594. The van der Waals surface area contributed by atoms with E-state index in [1.807, 2.05) is 42.5 Å². The molecular formula is C32H46FNO6. The largest absolute Gasteiger partial charge is 0.462 e. The van der Waals surface area contributed by atoms with Gasteiger partial charge in [-0.15, -0.1) is 0 Å². The molecule has 1 saturated heterocycles. The third-order valence-electron chi connectivity index (χ3n) is 6.96. The van der Waals surface area contributed by atoms with Crippen LogP contribution in [0.15, 0.2) is 48.5 Å². The van der Waals surface area contributed by atoms with Crippen molar-refractivity contribution in [3.05, 3.63) is 54.1 Å². The Morgan fingerprint density at radius 1 is 0.825 bits per heavy atom. The van der Waals surface area contributed by atoms with Crippen LogP contribution in [0.25, 0.3) is 11.1 Å². The number of alkyl halides is 1. The van der Waals surface area contributed by atoms with E-state index < -0.39 is 37.4 Å². The average Bonchev–Trinajstić information content (AvgIpc) is 2.99. The zero-order valence-corrected chi connectivity index (χ0v) is 24.4. The zero-order valence-electron chi connectivity index (χ0n) is 24.4. The monoisotopic (exact) mass is 559 g/mol. The van der Waals surface area contributed by atoms with Crippen LogP contribution in [0.3, 0.4) is 0 Å². The number of unbranched alkanes of at least 4 members (excludes halogenated alkanes) is 3. The SMILES string of the molecule is CCCCO[C@@H]1[C@H](OCCCC)[C@@H](Oc2ccc(-c3cccc(C(=O)NC)c3)cc2)O[C@H](CF)[C@H]1OCCCC. The second-order valence-electron chi connectivity index (χ2n) is 10.1. The van der Waals surface area contributed by atoms with E-state index in [4.69, 9.17) is 23.7 Å². The second kappa shape index (κ2) is 17.3. The quantitative estimate of drug-likeness (QED) is 0.228. The summed E-state index contributed by atoms with van der Waals surface area (Å²) in [6, 6.07) is 15.0. The van der Waals surface area contributed by atoms with E-state index in [1.54, 1.807) is 13.1 Å². The molecule has 0 unspecified atom stereocenters. The lowest BCUT2D eigenvalue weighted by Gasteiger charge is -2.45. The minimum Gasteiger partial charge on any atom is -0.462 e. The summed E-state index contributed by atoms with van der Waals surface area (Å²) in [5.41, 5.74) is 2.44. The molecule has 8 heteroatoms. The predicted molar refractivity (Wildman–Crippen MR) is 154 cm³/mol. The van der Waals surface area contributed by atoms with Gasteiger partial charge in [0, 0.05) is 32.4 Å². The van der Waals surface area contributed by atoms with Gasteiger partial charge in [-0.05, 0) is 54.7 Å². The Morgan fingerprint density at radius 3 is 2.00 bits per heavy atom.